The molecule has 0 fully saturated rings. The average Bonchev–Trinajstić information content (AvgIpc) is 2.92. The third-order valence-corrected chi connectivity index (χ3v) is 3.91. The number of aromatic nitrogens is 1. The minimum atomic E-state index is -0.310. The summed E-state index contributed by atoms with van der Waals surface area (Å²) in [5, 5.41) is 3.95. The number of rotatable bonds is 4. The van der Waals surface area contributed by atoms with Crippen molar-refractivity contribution in [2.24, 2.45) is 0 Å². The number of halogens is 1. The molecule has 0 aliphatic heterocycles. The van der Waals surface area contributed by atoms with Gasteiger partial charge in [0.15, 0.2) is 0 Å². The van der Waals surface area contributed by atoms with Gasteiger partial charge in [-0.25, -0.2) is 0 Å². The van der Waals surface area contributed by atoms with Crippen molar-refractivity contribution in [3.63, 3.8) is 0 Å². The second-order valence-electron chi connectivity index (χ2n) is 4.91. The van der Waals surface area contributed by atoms with Gasteiger partial charge in [0.1, 0.15) is 17.2 Å². The summed E-state index contributed by atoms with van der Waals surface area (Å²) in [6, 6.07) is 12.5. The molecule has 1 heterocycles. The molecule has 0 unspecified atom stereocenters. The number of fused-ring (bicyclic) bond motifs is 1. The van der Waals surface area contributed by atoms with E-state index in [-0.39, 0.29) is 5.91 Å². The van der Waals surface area contributed by atoms with Crippen molar-refractivity contribution in [2.75, 3.05) is 19.5 Å². The molecule has 0 radical (unpaired) electrons. The summed E-state index contributed by atoms with van der Waals surface area (Å²) in [4.78, 5) is 15.5. The highest BCUT2D eigenvalue weighted by atomic mass is 35.5. The summed E-state index contributed by atoms with van der Waals surface area (Å²) in [5.41, 5.74) is 1.71. The first-order chi connectivity index (χ1) is 11.1. The number of nitrogens with one attached hydrogen (secondary N) is 2. The van der Waals surface area contributed by atoms with Crippen molar-refractivity contribution in [1.29, 1.82) is 0 Å². The quantitative estimate of drug-likeness (QED) is 0.757. The molecule has 1 aromatic heterocycles. The van der Waals surface area contributed by atoms with Crippen LogP contribution in [0.1, 0.15) is 10.5 Å². The van der Waals surface area contributed by atoms with E-state index in [0.29, 0.717) is 22.2 Å². The molecule has 1 amide bonds. The van der Waals surface area contributed by atoms with E-state index >= 15 is 0 Å². The SMILES string of the molecule is COc1ccc(NC(=O)c2[nH]c3cc(OC)ccc3c2Cl)cc1. The van der Waals surface area contributed by atoms with Crippen LogP contribution in [0.4, 0.5) is 5.69 Å². The van der Waals surface area contributed by atoms with Crippen LogP contribution in [0.5, 0.6) is 11.5 Å². The number of carbonyl (C=O) groups excluding carboxylic acids is 1. The highest BCUT2D eigenvalue weighted by Crippen LogP contribution is 2.30. The molecule has 0 aliphatic rings. The van der Waals surface area contributed by atoms with Gasteiger partial charge < -0.3 is 19.8 Å². The maximum Gasteiger partial charge on any atom is 0.273 e. The number of aromatic amines is 1. The number of ether oxygens (including phenoxy) is 2. The van der Waals surface area contributed by atoms with Gasteiger partial charge in [-0.2, -0.15) is 0 Å². The lowest BCUT2D eigenvalue weighted by molar-refractivity contribution is 0.102. The van der Waals surface area contributed by atoms with Crippen molar-refractivity contribution < 1.29 is 14.3 Å². The van der Waals surface area contributed by atoms with Crippen LogP contribution in [0.2, 0.25) is 5.02 Å². The molecule has 23 heavy (non-hydrogen) atoms. The average molecular weight is 331 g/mol. The molecule has 2 N–H and O–H groups in total. The molecule has 0 saturated heterocycles. The predicted octanol–water partition coefficient (Wildman–Crippen LogP) is 4.09. The number of amides is 1. The van der Waals surface area contributed by atoms with E-state index in [1.807, 2.05) is 6.07 Å². The van der Waals surface area contributed by atoms with Crippen molar-refractivity contribution in [2.45, 2.75) is 0 Å². The van der Waals surface area contributed by atoms with E-state index in [1.54, 1.807) is 50.6 Å². The molecule has 0 spiro atoms. The fraction of sp³-hybridized carbons (Fsp3) is 0.118. The van der Waals surface area contributed by atoms with Gasteiger partial charge in [-0.15, -0.1) is 0 Å². The molecule has 0 bridgehead atoms. The maximum absolute atomic E-state index is 12.4. The molecule has 3 rings (SSSR count). The fourth-order valence-corrected chi connectivity index (χ4v) is 2.59. The van der Waals surface area contributed by atoms with Crippen LogP contribution in [0.15, 0.2) is 42.5 Å². The van der Waals surface area contributed by atoms with Crippen molar-refractivity contribution in [3.05, 3.63) is 53.2 Å². The Labute approximate surface area is 138 Å². The zero-order valence-electron chi connectivity index (χ0n) is 12.6. The summed E-state index contributed by atoms with van der Waals surface area (Å²) in [6.07, 6.45) is 0. The first-order valence-electron chi connectivity index (χ1n) is 6.93. The summed E-state index contributed by atoms with van der Waals surface area (Å²) in [5.74, 6) is 1.10. The van der Waals surface area contributed by atoms with Gasteiger partial charge in [-0.05, 0) is 36.4 Å². The van der Waals surface area contributed by atoms with Gasteiger partial charge in [0.25, 0.3) is 5.91 Å². The van der Waals surface area contributed by atoms with Crippen LogP contribution in [0.25, 0.3) is 10.9 Å². The van der Waals surface area contributed by atoms with Crippen LogP contribution in [0.3, 0.4) is 0 Å². The molecule has 0 aliphatic carbocycles. The molecule has 2 aromatic carbocycles. The van der Waals surface area contributed by atoms with E-state index in [0.717, 1.165) is 16.7 Å². The second-order valence-corrected chi connectivity index (χ2v) is 5.29. The Morgan fingerprint density at radius 2 is 1.70 bits per heavy atom. The zero-order valence-corrected chi connectivity index (χ0v) is 13.4. The molecular weight excluding hydrogens is 316 g/mol. The molecular formula is C17H15ClN2O3. The largest absolute Gasteiger partial charge is 0.497 e. The van der Waals surface area contributed by atoms with Crippen LogP contribution in [-0.4, -0.2) is 25.1 Å². The van der Waals surface area contributed by atoms with Crippen LogP contribution < -0.4 is 14.8 Å². The fourth-order valence-electron chi connectivity index (χ4n) is 2.29. The van der Waals surface area contributed by atoms with Crippen LogP contribution >= 0.6 is 11.6 Å². The molecule has 6 heteroatoms. The van der Waals surface area contributed by atoms with Gasteiger partial charge in [0.2, 0.25) is 0 Å². The third kappa shape index (κ3) is 2.96. The lowest BCUT2D eigenvalue weighted by Gasteiger charge is -2.05. The highest BCUT2D eigenvalue weighted by Gasteiger charge is 2.17. The van der Waals surface area contributed by atoms with Gasteiger partial charge in [0, 0.05) is 17.1 Å². The Bertz CT molecular complexity index is 856. The molecule has 0 saturated carbocycles. The smallest absolute Gasteiger partial charge is 0.273 e. The van der Waals surface area contributed by atoms with Crippen LogP contribution in [0, 0.1) is 0 Å². The number of carbonyl (C=O) groups is 1. The third-order valence-electron chi connectivity index (χ3n) is 3.52. The minimum absolute atomic E-state index is 0.310. The van der Waals surface area contributed by atoms with E-state index in [1.165, 1.54) is 0 Å². The maximum atomic E-state index is 12.4. The van der Waals surface area contributed by atoms with Gasteiger partial charge in [0.05, 0.1) is 24.8 Å². The van der Waals surface area contributed by atoms with Crippen molar-refractivity contribution >= 4 is 34.1 Å². The number of hydrogen-bond donors (Lipinski definition) is 2. The van der Waals surface area contributed by atoms with Gasteiger partial charge >= 0.3 is 0 Å². The summed E-state index contributed by atoms with van der Waals surface area (Å²) >= 11 is 6.31. The Balaban J connectivity index is 1.89. The summed E-state index contributed by atoms with van der Waals surface area (Å²) in [6.45, 7) is 0. The molecule has 0 atom stereocenters. The van der Waals surface area contributed by atoms with E-state index in [9.17, 15) is 4.79 Å². The Kier molecular flexibility index (Phi) is 4.12. The van der Waals surface area contributed by atoms with E-state index in [4.69, 9.17) is 21.1 Å². The van der Waals surface area contributed by atoms with Gasteiger partial charge in [-0.3, -0.25) is 4.79 Å². The van der Waals surface area contributed by atoms with E-state index < -0.39 is 0 Å². The number of methoxy groups -OCH3 is 2. The summed E-state index contributed by atoms with van der Waals surface area (Å²) < 4.78 is 10.3. The highest BCUT2D eigenvalue weighted by molar-refractivity contribution is 6.39. The Hall–Kier alpha value is -2.66. The van der Waals surface area contributed by atoms with Crippen LogP contribution in [-0.2, 0) is 0 Å². The predicted molar refractivity (Wildman–Crippen MR) is 90.8 cm³/mol. The topological polar surface area (TPSA) is 63.3 Å². The number of benzene rings is 2. The standard InChI is InChI=1S/C17H15ClN2O3/c1-22-11-5-3-10(4-6-11)19-17(21)16-15(18)13-8-7-12(23-2)9-14(13)20-16/h3-9,20H,1-2H3,(H,19,21). The first kappa shape index (κ1) is 15.2. The zero-order chi connectivity index (χ0) is 16.4. The van der Waals surface area contributed by atoms with Gasteiger partial charge in [-0.1, -0.05) is 11.6 Å². The van der Waals surface area contributed by atoms with Crippen molar-refractivity contribution in [3.8, 4) is 11.5 Å². The second kappa shape index (κ2) is 6.22. The number of hydrogen-bond acceptors (Lipinski definition) is 3. The lowest BCUT2D eigenvalue weighted by Crippen LogP contribution is -2.12. The number of H-pyrrole nitrogens is 1. The van der Waals surface area contributed by atoms with Crippen molar-refractivity contribution in [1.82, 2.24) is 4.98 Å². The minimum Gasteiger partial charge on any atom is -0.497 e. The molecule has 5 nitrogen and oxygen atoms in total. The normalized spacial score (nSPS) is 10.6. The Morgan fingerprint density at radius 1 is 1.04 bits per heavy atom. The molecule has 118 valence electrons. The first-order valence-corrected chi connectivity index (χ1v) is 7.31. The van der Waals surface area contributed by atoms with E-state index in [2.05, 4.69) is 10.3 Å². The monoisotopic (exact) mass is 330 g/mol. The summed E-state index contributed by atoms with van der Waals surface area (Å²) in [7, 11) is 3.18. The molecule has 3 aromatic rings. The Morgan fingerprint density at radius 3 is 2.35 bits per heavy atom. The number of anilines is 1. The lowest BCUT2D eigenvalue weighted by atomic mass is 10.2.